The van der Waals surface area contributed by atoms with Crippen molar-refractivity contribution in [1.29, 1.82) is 0 Å². The van der Waals surface area contributed by atoms with Crippen molar-refractivity contribution in [2.75, 3.05) is 33.2 Å². The topological polar surface area (TPSA) is 49.6 Å². The second kappa shape index (κ2) is 7.15. The minimum absolute atomic E-state index is 0.163. The van der Waals surface area contributed by atoms with E-state index in [1.54, 1.807) is 6.20 Å². The van der Waals surface area contributed by atoms with E-state index in [1.165, 1.54) is 0 Å². The van der Waals surface area contributed by atoms with Crippen LogP contribution in [0.25, 0.3) is 11.3 Å². The average Bonchev–Trinajstić information content (AvgIpc) is 3.02. The third kappa shape index (κ3) is 3.92. The van der Waals surface area contributed by atoms with E-state index in [0.29, 0.717) is 29.5 Å². The van der Waals surface area contributed by atoms with Gasteiger partial charge in [-0.25, -0.2) is 4.98 Å². The molecular formula is C17H20ClN3O2. The second-order valence-corrected chi connectivity index (χ2v) is 6.19. The molecule has 0 spiro atoms. The van der Waals surface area contributed by atoms with Gasteiger partial charge in [-0.3, -0.25) is 4.79 Å². The van der Waals surface area contributed by atoms with Crippen LogP contribution in [-0.4, -0.2) is 53.9 Å². The largest absolute Gasteiger partial charge is 0.441 e. The van der Waals surface area contributed by atoms with Gasteiger partial charge >= 0.3 is 0 Å². The van der Waals surface area contributed by atoms with E-state index < -0.39 is 0 Å². The molecule has 1 aliphatic rings. The first-order valence-corrected chi connectivity index (χ1v) is 8.17. The van der Waals surface area contributed by atoms with Crippen LogP contribution in [0.3, 0.4) is 0 Å². The first-order chi connectivity index (χ1) is 11.1. The highest BCUT2D eigenvalue weighted by atomic mass is 35.5. The normalized spacial score (nSPS) is 15.8. The summed E-state index contributed by atoms with van der Waals surface area (Å²) in [6, 6.07) is 7.48. The molecule has 6 heteroatoms. The summed E-state index contributed by atoms with van der Waals surface area (Å²) < 4.78 is 5.73. The van der Waals surface area contributed by atoms with Crippen LogP contribution >= 0.6 is 11.6 Å². The molecule has 1 aromatic carbocycles. The number of carbonyl (C=O) groups excluding carboxylic acids is 1. The van der Waals surface area contributed by atoms with Crippen molar-refractivity contribution in [3.05, 3.63) is 41.4 Å². The Labute approximate surface area is 140 Å². The lowest BCUT2D eigenvalue weighted by molar-refractivity contribution is -0.132. The van der Waals surface area contributed by atoms with Crippen LogP contribution in [0.5, 0.6) is 0 Å². The number of carbonyl (C=O) groups is 1. The van der Waals surface area contributed by atoms with Crippen molar-refractivity contribution < 1.29 is 9.21 Å². The maximum atomic E-state index is 12.2. The second-order valence-electron chi connectivity index (χ2n) is 5.78. The third-order valence-corrected chi connectivity index (χ3v) is 4.43. The van der Waals surface area contributed by atoms with Gasteiger partial charge in [0.25, 0.3) is 0 Å². The SMILES string of the molecule is CN1CCN(C(=O)CCc2ncc(-c3ccccc3Cl)o2)CC1. The van der Waals surface area contributed by atoms with E-state index in [1.807, 2.05) is 29.2 Å². The number of aryl methyl sites for hydroxylation is 1. The van der Waals surface area contributed by atoms with E-state index in [4.69, 9.17) is 16.0 Å². The summed E-state index contributed by atoms with van der Waals surface area (Å²) in [4.78, 5) is 20.6. The van der Waals surface area contributed by atoms with E-state index in [-0.39, 0.29) is 5.91 Å². The molecule has 5 nitrogen and oxygen atoms in total. The fourth-order valence-electron chi connectivity index (χ4n) is 2.64. The average molecular weight is 334 g/mol. The highest BCUT2D eigenvalue weighted by molar-refractivity contribution is 6.33. The van der Waals surface area contributed by atoms with Crippen LogP contribution in [-0.2, 0) is 11.2 Å². The predicted molar refractivity (Wildman–Crippen MR) is 89.3 cm³/mol. The van der Waals surface area contributed by atoms with Gasteiger partial charge in [0.2, 0.25) is 5.91 Å². The minimum Gasteiger partial charge on any atom is -0.441 e. The van der Waals surface area contributed by atoms with Gasteiger partial charge in [-0.1, -0.05) is 23.7 Å². The molecule has 1 fully saturated rings. The molecule has 1 aromatic heterocycles. The summed E-state index contributed by atoms with van der Waals surface area (Å²) in [6.45, 7) is 3.46. The molecule has 0 aliphatic carbocycles. The molecule has 23 heavy (non-hydrogen) atoms. The Morgan fingerprint density at radius 3 is 2.74 bits per heavy atom. The summed E-state index contributed by atoms with van der Waals surface area (Å²) in [6.07, 6.45) is 2.60. The van der Waals surface area contributed by atoms with Crippen LogP contribution < -0.4 is 0 Å². The maximum Gasteiger partial charge on any atom is 0.223 e. The Morgan fingerprint density at radius 1 is 1.26 bits per heavy atom. The van der Waals surface area contributed by atoms with Crippen LogP contribution in [0.4, 0.5) is 0 Å². The first-order valence-electron chi connectivity index (χ1n) is 7.79. The lowest BCUT2D eigenvalue weighted by Crippen LogP contribution is -2.47. The number of oxazole rings is 1. The molecule has 1 amide bonds. The minimum atomic E-state index is 0.163. The van der Waals surface area contributed by atoms with Crippen LogP contribution in [0.2, 0.25) is 5.02 Å². The number of amides is 1. The molecular weight excluding hydrogens is 314 g/mol. The highest BCUT2D eigenvalue weighted by Gasteiger charge is 2.19. The molecule has 0 bridgehead atoms. The van der Waals surface area contributed by atoms with E-state index in [9.17, 15) is 4.79 Å². The Kier molecular flexibility index (Phi) is 4.98. The fourth-order valence-corrected chi connectivity index (χ4v) is 2.87. The fraction of sp³-hybridized carbons (Fsp3) is 0.412. The number of nitrogens with zero attached hydrogens (tertiary/aromatic N) is 3. The van der Waals surface area contributed by atoms with Crippen molar-refractivity contribution in [1.82, 2.24) is 14.8 Å². The van der Waals surface area contributed by atoms with Gasteiger partial charge in [0.05, 0.1) is 11.2 Å². The molecule has 3 rings (SSSR count). The number of halogens is 1. The van der Waals surface area contributed by atoms with Gasteiger partial charge in [-0.15, -0.1) is 0 Å². The Bertz CT molecular complexity index is 678. The molecule has 0 N–H and O–H groups in total. The monoisotopic (exact) mass is 333 g/mol. The third-order valence-electron chi connectivity index (χ3n) is 4.10. The van der Waals surface area contributed by atoms with Crippen molar-refractivity contribution in [3.8, 4) is 11.3 Å². The summed E-state index contributed by atoms with van der Waals surface area (Å²) in [7, 11) is 2.07. The van der Waals surface area contributed by atoms with Gasteiger partial charge in [0.1, 0.15) is 0 Å². The van der Waals surface area contributed by atoms with E-state index in [0.717, 1.165) is 31.7 Å². The molecule has 0 unspecified atom stereocenters. The van der Waals surface area contributed by atoms with Crippen LogP contribution in [0.15, 0.2) is 34.9 Å². The smallest absolute Gasteiger partial charge is 0.223 e. The molecule has 1 aliphatic heterocycles. The zero-order valence-electron chi connectivity index (χ0n) is 13.2. The summed E-state index contributed by atoms with van der Waals surface area (Å²) in [5, 5.41) is 0.628. The summed E-state index contributed by atoms with van der Waals surface area (Å²) in [5.41, 5.74) is 0.818. The lowest BCUT2D eigenvalue weighted by atomic mass is 10.2. The summed E-state index contributed by atoms with van der Waals surface area (Å²) >= 11 is 6.16. The Balaban J connectivity index is 1.57. The number of hydrogen-bond acceptors (Lipinski definition) is 4. The quantitative estimate of drug-likeness (QED) is 0.863. The zero-order valence-corrected chi connectivity index (χ0v) is 13.9. The van der Waals surface area contributed by atoms with E-state index in [2.05, 4.69) is 16.9 Å². The van der Waals surface area contributed by atoms with Gasteiger partial charge in [0.15, 0.2) is 11.7 Å². The van der Waals surface area contributed by atoms with Gasteiger partial charge in [-0.2, -0.15) is 0 Å². The lowest BCUT2D eigenvalue weighted by Gasteiger charge is -2.32. The molecule has 2 heterocycles. The zero-order chi connectivity index (χ0) is 16.2. The molecule has 0 atom stereocenters. The first kappa shape index (κ1) is 16.0. The Hall–Kier alpha value is -1.85. The van der Waals surface area contributed by atoms with Crippen molar-refractivity contribution >= 4 is 17.5 Å². The van der Waals surface area contributed by atoms with E-state index >= 15 is 0 Å². The van der Waals surface area contributed by atoms with Crippen molar-refractivity contribution in [2.24, 2.45) is 0 Å². The van der Waals surface area contributed by atoms with Gasteiger partial charge in [0, 0.05) is 44.6 Å². The highest BCUT2D eigenvalue weighted by Crippen LogP contribution is 2.28. The Morgan fingerprint density at radius 2 is 2.00 bits per heavy atom. The van der Waals surface area contributed by atoms with Crippen molar-refractivity contribution in [2.45, 2.75) is 12.8 Å². The molecule has 122 valence electrons. The van der Waals surface area contributed by atoms with Gasteiger partial charge in [-0.05, 0) is 19.2 Å². The standard InChI is InChI=1S/C17H20ClN3O2/c1-20-8-10-21(11-9-20)17(22)7-6-16-19-12-15(23-16)13-4-2-3-5-14(13)18/h2-5,12H,6-11H2,1H3. The van der Waals surface area contributed by atoms with Crippen LogP contribution in [0.1, 0.15) is 12.3 Å². The van der Waals surface area contributed by atoms with Gasteiger partial charge < -0.3 is 14.2 Å². The number of piperazine rings is 1. The van der Waals surface area contributed by atoms with Crippen molar-refractivity contribution in [3.63, 3.8) is 0 Å². The number of hydrogen-bond donors (Lipinski definition) is 0. The summed E-state index contributed by atoms with van der Waals surface area (Å²) in [5.74, 6) is 1.37. The molecule has 2 aromatic rings. The van der Waals surface area contributed by atoms with Crippen LogP contribution in [0, 0.1) is 0 Å². The number of rotatable bonds is 4. The predicted octanol–water partition coefficient (Wildman–Crippen LogP) is 2.70. The number of benzene rings is 1. The molecule has 1 saturated heterocycles. The number of likely N-dealkylation sites (N-methyl/N-ethyl adjacent to an activating group) is 1. The maximum absolute atomic E-state index is 12.2. The molecule has 0 radical (unpaired) electrons. The number of aromatic nitrogens is 1. The molecule has 0 saturated carbocycles.